The van der Waals surface area contributed by atoms with E-state index in [0.717, 1.165) is 22.6 Å². The van der Waals surface area contributed by atoms with Crippen molar-refractivity contribution in [3.05, 3.63) is 94.0 Å². The summed E-state index contributed by atoms with van der Waals surface area (Å²) in [5.74, 6) is 0.116. The number of anilines is 1. The standard InChI is InChI=1S/C30H29ClN2O5/c1-4-20(3)21-8-11-25(12-9-21)37-14-15-38-27-13-10-23(31)17-22(27)18-26-28(34)32-30(36)33(29(26)35)24-7-5-6-19(2)16-24/h5-13,16-18,20H,4,14-15H2,1-3H3,(H,32,34,36)/b26-18-/t20-/m1/s1. The van der Waals surface area contributed by atoms with Crippen molar-refractivity contribution in [3.63, 3.8) is 0 Å². The Morgan fingerprint density at radius 3 is 2.42 bits per heavy atom. The van der Waals surface area contributed by atoms with Crippen molar-refractivity contribution in [2.24, 2.45) is 0 Å². The number of aryl methyl sites for hydroxylation is 1. The number of ether oxygens (including phenoxy) is 2. The zero-order valence-electron chi connectivity index (χ0n) is 21.5. The van der Waals surface area contributed by atoms with Crippen LogP contribution in [0.2, 0.25) is 5.02 Å². The van der Waals surface area contributed by atoms with Crippen LogP contribution in [0.15, 0.2) is 72.3 Å². The van der Waals surface area contributed by atoms with E-state index in [0.29, 0.717) is 27.9 Å². The molecule has 0 spiro atoms. The number of barbiturate groups is 1. The van der Waals surface area contributed by atoms with Gasteiger partial charge >= 0.3 is 6.03 Å². The lowest BCUT2D eigenvalue weighted by Gasteiger charge is -2.26. The number of carbonyl (C=O) groups is 3. The largest absolute Gasteiger partial charge is 0.490 e. The molecule has 4 amide bonds. The first-order valence-electron chi connectivity index (χ1n) is 12.4. The number of amides is 4. The van der Waals surface area contributed by atoms with Crippen molar-refractivity contribution in [3.8, 4) is 11.5 Å². The molecule has 8 heteroatoms. The molecular formula is C30H29ClN2O5. The molecule has 0 bridgehead atoms. The summed E-state index contributed by atoms with van der Waals surface area (Å²) in [7, 11) is 0. The van der Waals surface area contributed by atoms with Gasteiger partial charge in [-0.05, 0) is 78.9 Å². The molecule has 1 saturated heterocycles. The lowest BCUT2D eigenvalue weighted by atomic mass is 9.99. The number of carbonyl (C=O) groups excluding carboxylic acids is 3. The maximum absolute atomic E-state index is 13.2. The summed E-state index contributed by atoms with van der Waals surface area (Å²) in [5, 5.41) is 2.63. The van der Waals surface area contributed by atoms with Gasteiger partial charge in [0.1, 0.15) is 30.3 Å². The van der Waals surface area contributed by atoms with E-state index in [4.69, 9.17) is 21.1 Å². The second-order valence-electron chi connectivity index (χ2n) is 9.05. The molecule has 7 nitrogen and oxygen atoms in total. The first kappa shape index (κ1) is 26.9. The van der Waals surface area contributed by atoms with Gasteiger partial charge in [0.2, 0.25) is 0 Å². The molecular weight excluding hydrogens is 504 g/mol. The molecule has 0 aliphatic carbocycles. The Hall–Kier alpha value is -4.10. The second kappa shape index (κ2) is 12.0. The molecule has 0 radical (unpaired) electrons. The highest BCUT2D eigenvalue weighted by atomic mass is 35.5. The van der Waals surface area contributed by atoms with E-state index in [1.54, 1.807) is 36.4 Å². The molecule has 38 heavy (non-hydrogen) atoms. The fourth-order valence-corrected chi connectivity index (χ4v) is 4.20. The van der Waals surface area contributed by atoms with Crippen LogP contribution in [-0.4, -0.2) is 31.1 Å². The Balaban J connectivity index is 1.49. The quantitative estimate of drug-likeness (QED) is 0.199. The fraction of sp³-hybridized carbons (Fsp3) is 0.233. The maximum atomic E-state index is 13.2. The number of hydrogen-bond acceptors (Lipinski definition) is 5. The minimum absolute atomic E-state index is 0.212. The van der Waals surface area contributed by atoms with Crippen molar-refractivity contribution < 1.29 is 23.9 Å². The molecule has 4 rings (SSSR count). The molecule has 0 aromatic heterocycles. The highest BCUT2D eigenvalue weighted by molar-refractivity contribution is 6.39. The molecule has 1 aliphatic heterocycles. The third-order valence-corrected chi connectivity index (χ3v) is 6.54. The number of nitrogens with one attached hydrogen (secondary N) is 1. The van der Waals surface area contributed by atoms with Crippen LogP contribution in [0.3, 0.4) is 0 Å². The summed E-state index contributed by atoms with van der Waals surface area (Å²) in [5.41, 5.74) is 2.70. The fourth-order valence-electron chi connectivity index (χ4n) is 4.02. The number of imide groups is 2. The Kier molecular flexibility index (Phi) is 8.48. The highest BCUT2D eigenvalue weighted by Gasteiger charge is 2.37. The smallest absolute Gasteiger partial charge is 0.335 e. The highest BCUT2D eigenvalue weighted by Crippen LogP contribution is 2.28. The average Bonchev–Trinajstić information content (AvgIpc) is 2.90. The minimum atomic E-state index is -0.806. The number of halogens is 1. The third-order valence-electron chi connectivity index (χ3n) is 6.30. The van der Waals surface area contributed by atoms with E-state index >= 15 is 0 Å². The Bertz CT molecular complexity index is 1380. The van der Waals surface area contributed by atoms with Crippen LogP contribution in [0.25, 0.3) is 6.08 Å². The van der Waals surface area contributed by atoms with E-state index in [1.165, 1.54) is 11.6 Å². The van der Waals surface area contributed by atoms with Gasteiger partial charge in [-0.15, -0.1) is 0 Å². The molecule has 1 fully saturated rings. The van der Waals surface area contributed by atoms with E-state index in [-0.39, 0.29) is 18.8 Å². The van der Waals surface area contributed by atoms with Crippen LogP contribution in [0.4, 0.5) is 10.5 Å². The van der Waals surface area contributed by atoms with Crippen LogP contribution in [0, 0.1) is 6.92 Å². The molecule has 196 valence electrons. The third kappa shape index (κ3) is 6.23. The van der Waals surface area contributed by atoms with Gasteiger partial charge in [0.15, 0.2) is 0 Å². The van der Waals surface area contributed by atoms with Gasteiger partial charge in [0, 0.05) is 10.6 Å². The van der Waals surface area contributed by atoms with Gasteiger partial charge in [-0.3, -0.25) is 14.9 Å². The van der Waals surface area contributed by atoms with Crippen molar-refractivity contribution in [2.75, 3.05) is 18.1 Å². The van der Waals surface area contributed by atoms with E-state index in [1.807, 2.05) is 25.1 Å². The first-order chi connectivity index (χ1) is 18.3. The predicted molar refractivity (Wildman–Crippen MR) is 148 cm³/mol. The zero-order chi connectivity index (χ0) is 27.2. The number of rotatable bonds is 9. The number of hydrogen-bond donors (Lipinski definition) is 1. The van der Waals surface area contributed by atoms with Crippen molar-refractivity contribution >= 4 is 41.2 Å². The topological polar surface area (TPSA) is 84.9 Å². The van der Waals surface area contributed by atoms with E-state index < -0.39 is 17.8 Å². The molecule has 1 aliphatic rings. The predicted octanol–water partition coefficient (Wildman–Crippen LogP) is 6.29. The van der Waals surface area contributed by atoms with Gasteiger partial charge in [0.05, 0.1) is 5.69 Å². The molecule has 3 aromatic carbocycles. The van der Waals surface area contributed by atoms with Crippen LogP contribution in [0.5, 0.6) is 11.5 Å². The SMILES string of the molecule is CC[C@@H](C)c1ccc(OCCOc2ccc(Cl)cc2/C=C2/C(=O)NC(=O)N(c3cccc(C)c3)C2=O)cc1. The molecule has 0 unspecified atom stereocenters. The van der Waals surface area contributed by atoms with Gasteiger partial charge in [-0.1, -0.05) is 49.7 Å². The number of nitrogens with zero attached hydrogens (tertiary/aromatic N) is 1. The van der Waals surface area contributed by atoms with Crippen LogP contribution >= 0.6 is 11.6 Å². The molecule has 1 N–H and O–H groups in total. The normalized spacial score (nSPS) is 15.4. The maximum Gasteiger partial charge on any atom is 0.335 e. The van der Waals surface area contributed by atoms with E-state index in [2.05, 4.69) is 31.3 Å². The Labute approximate surface area is 227 Å². The summed E-state index contributed by atoms with van der Waals surface area (Å²) >= 11 is 6.20. The van der Waals surface area contributed by atoms with E-state index in [9.17, 15) is 14.4 Å². The first-order valence-corrected chi connectivity index (χ1v) is 12.8. The number of urea groups is 1. The Morgan fingerprint density at radius 1 is 0.974 bits per heavy atom. The zero-order valence-corrected chi connectivity index (χ0v) is 22.2. The van der Waals surface area contributed by atoms with Crippen molar-refractivity contribution in [1.82, 2.24) is 5.32 Å². The summed E-state index contributed by atoms with van der Waals surface area (Å²) in [4.78, 5) is 39.3. The summed E-state index contributed by atoms with van der Waals surface area (Å²) in [6, 6.07) is 19.0. The van der Waals surface area contributed by atoms with Gasteiger partial charge in [-0.2, -0.15) is 0 Å². The molecule has 1 atom stereocenters. The lowest BCUT2D eigenvalue weighted by Crippen LogP contribution is -2.54. The molecule has 1 heterocycles. The van der Waals surface area contributed by atoms with Crippen LogP contribution in [-0.2, 0) is 9.59 Å². The summed E-state index contributed by atoms with van der Waals surface area (Å²) in [6.07, 6.45) is 2.45. The second-order valence-corrected chi connectivity index (χ2v) is 9.49. The summed E-state index contributed by atoms with van der Waals surface area (Å²) < 4.78 is 11.7. The minimum Gasteiger partial charge on any atom is -0.490 e. The Morgan fingerprint density at radius 2 is 1.71 bits per heavy atom. The molecule has 3 aromatic rings. The van der Waals surface area contributed by atoms with Crippen molar-refractivity contribution in [2.45, 2.75) is 33.1 Å². The number of benzene rings is 3. The monoisotopic (exact) mass is 532 g/mol. The summed E-state index contributed by atoms with van der Waals surface area (Å²) in [6.45, 7) is 6.70. The van der Waals surface area contributed by atoms with Crippen LogP contribution in [0.1, 0.15) is 42.9 Å². The molecule has 0 saturated carbocycles. The van der Waals surface area contributed by atoms with Gasteiger partial charge in [-0.25, -0.2) is 9.69 Å². The van der Waals surface area contributed by atoms with Gasteiger partial charge < -0.3 is 9.47 Å². The van der Waals surface area contributed by atoms with Gasteiger partial charge in [0.25, 0.3) is 11.8 Å². The average molecular weight is 533 g/mol. The lowest BCUT2D eigenvalue weighted by molar-refractivity contribution is -0.122. The van der Waals surface area contributed by atoms with Crippen molar-refractivity contribution in [1.29, 1.82) is 0 Å². The van der Waals surface area contributed by atoms with Crippen LogP contribution < -0.4 is 19.7 Å².